The van der Waals surface area contributed by atoms with Crippen molar-refractivity contribution in [3.05, 3.63) is 121 Å². The van der Waals surface area contributed by atoms with E-state index < -0.39 is 19.0 Å². The van der Waals surface area contributed by atoms with Crippen LogP contribution in [0.2, 0.25) is 0 Å². The first kappa shape index (κ1) is 21.8. The van der Waals surface area contributed by atoms with Crippen molar-refractivity contribution in [2.24, 2.45) is 0 Å². The Morgan fingerprint density at radius 1 is 0.531 bits per heavy atom. The number of halogens is 3. The molecule has 0 bridgehead atoms. The van der Waals surface area contributed by atoms with Crippen molar-refractivity contribution in [2.45, 2.75) is 6.18 Å². The summed E-state index contributed by atoms with van der Waals surface area (Å²) in [4.78, 5) is 12.7. The first-order valence-corrected chi connectivity index (χ1v) is 12.1. The Morgan fingerprint density at radius 3 is 1.00 bits per heavy atom. The third kappa shape index (κ3) is 3.30. The van der Waals surface area contributed by atoms with Crippen LogP contribution < -0.4 is 21.2 Å². The summed E-state index contributed by atoms with van der Waals surface area (Å²) in [6, 6.07) is 34.9. The molecule has 0 fully saturated rings. The maximum atomic E-state index is 13.8. The van der Waals surface area contributed by atoms with Crippen LogP contribution in [0.25, 0.3) is 0 Å². The van der Waals surface area contributed by atoms with Gasteiger partial charge in [0.25, 0.3) is 0 Å². The van der Waals surface area contributed by atoms with Gasteiger partial charge in [-0.2, -0.15) is 0 Å². The van der Waals surface area contributed by atoms with Gasteiger partial charge in [0.2, 0.25) is 0 Å². The summed E-state index contributed by atoms with van der Waals surface area (Å²) in [5.41, 5.74) is 0. The van der Waals surface area contributed by atoms with Gasteiger partial charge in [-0.25, -0.2) is 0 Å². The summed E-state index contributed by atoms with van der Waals surface area (Å²) >= 11 is 0. The molecule has 0 aromatic heterocycles. The summed E-state index contributed by atoms with van der Waals surface area (Å²) in [5, 5.41) is 2.00. The molecule has 32 heavy (non-hydrogen) atoms. The van der Waals surface area contributed by atoms with Crippen molar-refractivity contribution in [3.63, 3.8) is 0 Å². The molecule has 0 saturated heterocycles. The molecule has 0 radical (unpaired) electrons. The minimum atomic E-state index is -5.17. The van der Waals surface area contributed by atoms with Crippen molar-refractivity contribution >= 4 is 34.0 Å². The van der Waals surface area contributed by atoms with Crippen LogP contribution >= 0.6 is 6.83 Å². The summed E-state index contributed by atoms with van der Waals surface area (Å²) in [6.45, 7) is -4.62. The fraction of sp³-hybridized carbons (Fsp3) is 0.0385. The number of carbonyl (C=O) groups is 1. The molecular formula is C26H20F3O2P. The zero-order valence-corrected chi connectivity index (χ0v) is 17.8. The maximum absolute atomic E-state index is 13.8. The van der Waals surface area contributed by atoms with Gasteiger partial charge in [0.05, 0.1) is 0 Å². The topological polar surface area (TPSA) is 26.3 Å². The Morgan fingerprint density at radius 2 is 0.781 bits per heavy atom. The van der Waals surface area contributed by atoms with Gasteiger partial charge in [-0.1, -0.05) is 0 Å². The Hall–Kier alpha value is -3.43. The molecule has 0 aliphatic heterocycles. The molecule has 0 heterocycles. The van der Waals surface area contributed by atoms with E-state index in [2.05, 4.69) is 0 Å². The van der Waals surface area contributed by atoms with Gasteiger partial charge >= 0.3 is 184 Å². The van der Waals surface area contributed by atoms with Crippen molar-refractivity contribution < 1.29 is 22.5 Å². The van der Waals surface area contributed by atoms with Crippen LogP contribution in [0.1, 0.15) is 0 Å². The normalized spacial score (nSPS) is 13.0. The van der Waals surface area contributed by atoms with E-state index in [-0.39, 0.29) is 0 Å². The van der Waals surface area contributed by atoms with Crippen molar-refractivity contribution in [2.75, 3.05) is 0 Å². The van der Waals surface area contributed by atoms with Crippen LogP contribution in [0, 0.1) is 0 Å². The second-order valence-electron chi connectivity index (χ2n) is 7.25. The number of rotatable bonds is 5. The van der Waals surface area contributed by atoms with E-state index in [4.69, 9.17) is 4.52 Å². The molecule has 162 valence electrons. The van der Waals surface area contributed by atoms with E-state index in [1.165, 1.54) is 0 Å². The van der Waals surface area contributed by atoms with Gasteiger partial charge < -0.3 is 0 Å². The third-order valence-corrected chi connectivity index (χ3v) is 11.2. The quantitative estimate of drug-likeness (QED) is 0.404. The van der Waals surface area contributed by atoms with Gasteiger partial charge in [-0.3, -0.25) is 0 Å². The van der Waals surface area contributed by atoms with E-state index in [1.54, 1.807) is 121 Å². The molecule has 0 atom stereocenters. The molecular weight excluding hydrogens is 432 g/mol. The molecule has 6 heteroatoms. The first-order valence-electron chi connectivity index (χ1n) is 9.94. The molecule has 4 aromatic carbocycles. The Bertz CT molecular complexity index is 1030. The molecule has 0 saturated carbocycles. The van der Waals surface area contributed by atoms with Crippen molar-refractivity contribution in [1.82, 2.24) is 0 Å². The van der Waals surface area contributed by atoms with Gasteiger partial charge in [0.15, 0.2) is 0 Å². The van der Waals surface area contributed by atoms with Gasteiger partial charge in [0.1, 0.15) is 0 Å². The monoisotopic (exact) mass is 452 g/mol. The Kier molecular flexibility index (Phi) is 5.62. The Balaban J connectivity index is 2.28. The number of benzene rings is 4. The second-order valence-corrected chi connectivity index (χ2v) is 11.6. The van der Waals surface area contributed by atoms with E-state index in [0.717, 1.165) is 0 Å². The van der Waals surface area contributed by atoms with Crippen LogP contribution in [0.15, 0.2) is 121 Å². The summed E-state index contributed by atoms with van der Waals surface area (Å²) < 4.78 is 47.2. The second kappa shape index (κ2) is 8.25. The van der Waals surface area contributed by atoms with E-state index in [0.29, 0.717) is 21.2 Å². The number of hydrogen-bond acceptors (Lipinski definition) is 2. The predicted molar refractivity (Wildman–Crippen MR) is 123 cm³/mol. The zero-order chi connectivity index (χ0) is 22.7. The molecule has 0 unspecified atom stereocenters. The van der Waals surface area contributed by atoms with Crippen LogP contribution in [-0.4, -0.2) is 12.1 Å². The molecule has 4 rings (SSSR count). The average Bonchev–Trinajstić information content (AvgIpc) is 2.84. The fourth-order valence-corrected chi connectivity index (χ4v) is 9.78. The molecule has 4 aromatic rings. The van der Waals surface area contributed by atoms with Crippen molar-refractivity contribution in [1.29, 1.82) is 0 Å². The minimum absolute atomic E-state index is 0.500. The van der Waals surface area contributed by atoms with Crippen LogP contribution in [0.3, 0.4) is 0 Å². The van der Waals surface area contributed by atoms with Gasteiger partial charge in [0, 0.05) is 0 Å². The number of alkyl halides is 3. The Labute approximate surface area is 184 Å². The summed E-state index contributed by atoms with van der Waals surface area (Å²) in [7, 11) is 0. The first-order chi connectivity index (χ1) is 15.4. The zero-order valence-electron chi connectivity index (χ0n) is 16.9. The van der Waals surface area contributed by atoms with Crippen LogP contribution in [0.5, 0.6) is 0 Å². The van der Waals surface area contributed by atoms with Crippen LogP contribution in [0.4, 0.5) is 13.2 Å². The number of carbonyl (C=O) groups excluding carboxylic acids is 1. The summed E-state index contributed by atoms with van der Waals surface area (Å²) in [5.74, 6) is -2.23. The standard InChI is InChI=1S/C26H20F3O2P/c27-26(28,29)25(30)31-32(21-13-5-1-6-14-21,22-15-7-2-8-16-22,23-17-9-3-10-18-23)24-19-11-4-12-20-24/h1-20H. The van der Waals surface area contributed by atoms with E-state index in [1.807, 2.05) is 0 Å². The SMILES string of the molecule is O=C(OP(c1ccccc1)(c1ccccc1)(c1ccccc1)c1ccccc1)C(F)(F)F. The predicted octanol–water partition coefficient (Wildman–Crippen LogP) is 4.86. The molecule has 0 amide bonds. The third-order valence-electron chi connectivity index (χ3n) is 5.49. The molecule has 2 nitrogen and oxygen atoms in total. The molecule has 0 spiro atoms. The van der Waals surface area contributed by atoms with Gasteiger partial charge in [-0.05, 0) is 0 Å². The average molecular weight is 452 g/mol. The molecule has 0 N–H and O–H groups in total. The van der Waals surface area contributed by atoms with E-state index >= 15 is 0 Å². The molecule has 0 aliphatic carbocycles. The van der Waals surface area contributed by atoms with Gasteiger partial charge in [-0.15, -0.1) is 0 Å². The van der Waals surface area contributed by atoms with Crippen LogP contribution in [-0.2, 0) is 9.32 Å². The number of hydrogen-bond donors (Lipinski definition) is 0. The summed E-state index contributed by atoms with van der Waals surface area (Å²) in [6.07, 6.45) is -5.17. The van der Waals surface area contributed by atoms with Crippen molar-refractivity contribution in [3.8, 4) is 0 Å². The molecule has 0 aliphatic rings. The van der Waals surface area contributed by atoms with E-state index in [9.17, 15) is 18.0 Å². The fourth-order valence-electron chi connectivity index (χ4n) is 4.17.